The first-order valence-electron chi connectivity index (χ1n) is 7.05. The number of hydrogen-bond acceptors (Lipinski definition) is 3. The summed E-state index contributed by atoms with van der Waals surface area (Å²) >= 11 is 0. The van der Waals surface area contributed by atoms with Crippen molar-refractivity contribution in [2.45, 2.75) is 26.7 Å². The van der Waals surface area contributed by atoms with Crippen molar-refractivity contribution in [3.63, 3.8) is 0 Å². The third-order valence-corrected chi connectivity index (χ3v) is 3.49. The Kier molecular flexibility index (Phi) is 4.56. The number of carbonyl (C=O) groups excluding carboxylic acids is 1. The van der Waals surface area contributed by atoms with E-state index in [4.69, 9.17) is 0 Å². The highest BCUT2D eigenvalue weighted by Crippen LogP contribution is 2.25. The molecule has 5 heteroatoms. The van der Waals surface area contributed by atoms with Crippen molar-refractivity contribution in [2.75, 3.05) is 5.32 Å². The Hall–Kier alpha value is -2.69. The Bertz CT molecular complexity index is 724. The number of para-hydroxylation sites is 1. The minimum atomic E-state index is -0.453. The number of nitrogens with zero attached hydrogens (tertiary/aromatic N) is 1. The molecule has 2 aromatic rings. The van der Waals surface area contributed by atoms with Gasteiger partial charge in [-0.1, -0.05) is 32.0 Å². The number of nitro benzene ring substituents is 1. The van der Waals surface area contributed by atoms with Gasteiger partial charge in [0, 0.05) is 22.9 Å². The third kappa shape index (κ3) is 3.31. The molecular weight excluding hydrogens is 280 g/mol. The molecule has 0 aromatic heterocycles. The van der Waals surface area contributed by atoms with Gasteiger partial charge in [-0.2, -0.15) is 0 Å². The van der Waals surface area contributed by atoms with Crippen LogP contribution in [-0.4, -0.2) is 10.8 Å². The molecule has 1 N–H and O–H groups in total. The molecule has 0 radical (unpaired) electrons. The zero-order chi connectivity index (χ0) is 16.3. The van der Waals surface area contributed by atoms with Gasteiger partial charge in [0.2, 0.25) is 0 Å². The van der Waals surface area contributed by atoms with Crippen LogP contribution in [0, 0.1) is 17.0 Å². The highest BCUT2D eigenvalue weighted by molar-refractivity contribution is 6.05. The summed E-state index contributed by atoms with van der Waals surface area (Å²) in [6.45, 7) is 5.74. The fourth-order valence-corrected chi connectivity index (χ4v) is 2.31. The SMILES string of the molecule is Cc1cc(C(=O)Nc2ccccc2C(C)C)ccc1[N+](=O)[O-]. The molecule has 2 aromatic carbocycles. The molecule has 0 spiro atoms. The predicted molar refractivity (Wildman–Crippen MR) is 86.3 cm³/mol. The van der Waals surface area contributed by atoms with Crippen molar-refractivity contribution >= 4 is 17.3 Å². The van der Waals surface area contributed by atoms with Gasteiger partial charge in [-0.25, -0.2) is 0 Å². The van der Waals surface area contributed by atoms with Crippen LogP contribution in [0.15, 0.2) is 42.5 Å². The van der Waals surface area contributed by atoms with Gasteiger partial charge in [-0.15, -0.1) is 0 Å². The Morgan fingerprint density at radius 1 is 1.18 bits per heavy atom. The molecule has 0 aliphatic heterocycles. The predicted octanol–water partition coefficient (Wildman–Crippen LogP) is 4.28. The van der Waals surface area contributed by atoms with Gasteiger partial charge >= 0.3 is 0 Å². The molecule has 0 unspecified atom stereocenters. The number of anilines is 1. The summed E-state index contributed by atoms with van der Waals surface area (Å²) in [7, 11) is 0. The van der Waals surface area contributed by atoms with Gasteiger partial charge in [0.15, 0.2) is 0 Å². The molecule has 0 heterocycles. The van der Waals surface area contributed by atoms with Crippen molar-refractivity contribution in [1.29, 1.82) is 0 Å². The van der Waals surface area contributed by atoms with Gasteiger partial charge in [-0.05, 0) is 36.6 Å². The van der Waals surface area contributed by atoms with Crippen LogP contribution < -0.4 is 5.32 Å². The van der Waals surface area contributed by atoms with Gasteiger partial charge < -0.3 is 5.32 Å². The van der Waals surface area contributed by atoms with E-state index in [9.17, 15) is 14.9 Å². The lowest BCUT2D eigenvalue weighted by molar-refractivity contribution is -0.385. The van der Waals surface area contributed by atoms with E-state index in [1.807, 2.05) is 24.3 Å². The minimum absolute atomic E-state index is 0.0131. The molecule has 1 amide bonds. The highest BCUT2D eigenvalue weighted by Gasteiger charge is 2.15. The van der Waals surface area contributed by atoms with Crippen molar-refractivity contribution in [3.05, 3.63) is 69.3 Å². The number of benzene rings is 2. The van der Waals surface area contributed by atoms with E-state index in [-0.39, 0.29) is 17.5 Å². The summed E-state index contributed by atoms with van der Waals surface area (Å²) in [5.41, 5.74) is 2.70. The molecule has 0 saturated carbocycles. The molecule has 0 atom stereocenters. The quantitative estimate of drug-likeness (QED) is 0.676. The van der Waals surface area contributed by atoms with E-state index in [2.05, 4.69) is 19.2 Å². The molecule has 0 aliphatic carbocycles. The number of aryl methyl sites for hydroxylation is 1. The fourth-order valence-electron chi connectivity index (χ4n) is 2.31. The molecule has 22 heavy (non-hydrogen) atoms. The maximum absolute atomic E-state index is 12.3. The van der Waals surface area contributed by atoms with E-state index in [1.54, 1.807) is 6.92 Å². The van der Waals surface area contributed by atoms with Crippen molar-refractivity contribution < 1.29 is 9.72 Å². The van der Waals surface area contributed by atoms with Crippen LogP contribution in [0.3, 0.4) is 0 Å². The first-order valence-corrected chi connectivity index (χ1v) is 7.05. The largest absolute Gasteiger partial charge is 0.322 e. The first-order chi connectivity index (χ1) is 10.4. The Labute approximate surface area is 129 Å². The minimum Gasteiger partial charge on any atom is -0.322 e. The molecule has 114 valence electrons. The van der Waals surface area contributed by atoms with E-state index in [0.29, 0.717) is 11.1 Å². The van der Waals surface area contributed by atoms with Gasteiger partial charge in [0.05, 0.1) is 4.92 Å². The average Bonchev–Trinajstić information content (AvgIpc) is 2.47. The van der Waals surface area contributed by atoms with Gasteiger partial charge in [0.25, 0.3) is 11.6 Å². The first kappa shape index (κ1) is 15.7. The molecular formula is C17H18N2O3. The second kappa shape index (κ2) is 6.39. The monoisotopic (exact) mass is 298 g/mol. The summed E-state index contributed by atoms with van der Waals surface area (Å²) < 4.78 is 0. The van der Waals surface area contributed by atoms with Crippen LogP contribution >= 0.6 is 0 Å². The number of rotatable bonds is 4. The van der Waals surface area contributed by atoms with Crippen LogP contribution in [0.25, 0.3) is 0 Å². The lowest BCUT2D eigenvalue weighted by atomic mass is 10.0. The zero-order valence-corrected chi connectivity index (χ0v) is 12.8. The van der Waals surface area contributed by atoms with E-state index in [1.165, 1.54) is 18.2 Å². The van der Waals surface area contributed by atoms with Crippen LogP contribution in [0.5, 0.6) is 0 Å². The zero-order valence-electron chi connectivity index (χ0n) is 12.8. The van der Waals surface area contributed by atoms with Crippen LogP contribution in [-0.2, 0) is 0 Å². The third-order valence-electron chi connectivity index (χ3n) is 3.49. The second-order valence-corrected chi connectivity index (χ2v) is 5.45. The van der Waals surface area contributed by atoms with Gasteiger partial charge in [0.1, 0.15) is 0 Å². The summed E-state index contributed by atoms with van der Waals surface area (Å²) in [5, 5.41) is 13.7. The summed E-state index contributed by atoms with van der Waals surface area (Å²) in [6, 6.07) is 12.0. The number of carbonyl (C=O) groups is 1. The Morgan fingerprint density at radius 3 is 2.45 bits per heavy atom. The molecule has 2 rings (SSSR count). The van der Waals surface area contributed by atoms with E-state index in [0.717, 1.165) is 11.3 Å². The molecule has 0 saturated heterocycles. The second-order valence-electron chi connectivity index (χ2n) is 5.45. The van der Waals surface area contributed by atoms with Gasteiger partial charge in [-0.3, -0.25) is 14.9 Å². The molecule has 0 bridgehead atoms. The molecule has 0 fully saturated rings. The molecule has 0 aliphatic rings. The lowest BCUT2D eigenvalue weighted by Gasteiger charge is -2.13. The van der Waals surface area contributed by atoms with Crippen LogP contribution in [0.1, 0.15) is 41.3 Å². The van der Waals surface area contributed by atoms with Crippen molar-refractivity contribution in [3.8, 4) is 0 Å². The number of amides is 1. The topological polar surface area (TPSA) is 72.2 Å². The van der Waals surface area contributed by atoms with Crippen LogP contribution in [0.4, 0.5) is 11.4 Å². The molecule has 5 nitrogen and oxygen atoms in total. The van der Waals surface area contributed by atoms with E-state index >= 15 is 0 Å². The van der Waals surface area contributed by atoms with E-state index < -0.39 is 4.92 Å². The average molecular weight is 298 g/mol. The Balaban J connectivity index is 2.27. The fraction of sp³-hybridized carbons (Fsp3) is 0.235. The Morgan fingerprint density at radius 2 is 1.86 bits per heavy atom. The van der Waals surface area contributed by atoms with Crippen molar-refractivity contribution in [1.82, 2.24) is 0 Å². The lowest BCUT2D eigenvalue weighted by Crippen LogP contribution is -2.14. The summed E-state index contributed by atoms with van der Waals surface area (Å²) in [4.78, 5) is 22.7. The normalized spacial score (nSPS) is 10.5. The maximum Gasteiger partial charge on any atom is 0.272 e. The number of nitrogens with one attached hydrogen (secondary N) is 1. The smallest absolute Gasteiger partial charge is 0.272 e. The maximum atomic E-state index is 12.3. The number of hydrogen-bond donors (Lipinski definition) is 1. The number of nitro groups is 1. The summed E-state index contributed by atoms with van der Waals surface area (Å²) in [6.07, 6.45) is 0. The summed E-state index contributed by atoms with van der Waals surface area (Å²) in [5.74, 6) is 0.0150. The van der Waals surface area contributed by atoms with Crippen molar-refractivity contribution in [2.24, 2.45) is 0 Å². The standard InChI is InChI=1S/C17H18N2O3/c1-11(2)14-6-4-5-7-15(14)18-17(20)13-8-9-16(19(21)22)12(3)10-13/h4-11H,1-3H3,(H,18,20). The van der Waals surface area contributed by atoms with Crippen LogP contribution in [0.2, 0.25) is 0 Å². The highest BCUT2D eigenvalue weighted by atomic mass is 16.6.